The molecule has 9 unspecified atom stereocenters. The highest BCUT2D eigenvalue weighted by atomic mass is 16.7. The van der Waals surface area contributed by atoms with Crippen LogP contribution in [-0.2, 0) is 19.1 Å². The molecule has 1 heterocycles. The summed E-state index contributed by atoms with van der Waals surface area (Å²) in [5.41, 5.74) is -0.548. The highest BCUT2D eigenvalue weighted by Crippen LogP contribution is 2.69. The SMILES string of the molecule is BCC(=O)C12OC(CCC)OC1CC1C3CCC4=CC(=O)C=CC4(C)C3C(O)CC12C. The molecular weight excluding hydrogens is 391 g/mol. The van der Waals surface area contributed by atoms with Crippen LogP contribution in [0.15, 0.2) is 23.8 Å². The van der Waals surface area contributed by atoms with E-state index in [4.69, 9.17) is 9.47 Å². The molecule has 9 atom stereocenters. The van der Waals surface area contributed by atoms with Gasteiger partial charge in [-0.2, -0.15) is 0 Å². The van der Waals surface area contributed by atoms with Crippen molar-refractivity contribution in [1.82, 2.24) is 0 Å². The summed E-state index contributed by atoms with van der Waals surface area (Å²) >= 11 is 0. The number of ether oxygens (including phenoxy) is 2. The maximum atomic E-state index is 13.5. The van der Waals surface area contributed by atoms with Gasteiger partial charge in [0.2, 0.25) is 0 Å². The number of aliphatic hydroxyl groups excluding tert-OH is 1. The van der Waals surface area contributed by atoms with Gasteiger partial charge in [-0.05, 0) is 62.4 Å². The fourth-order valence-corrected chi connectivity index (χ4v) is 8.27. The van der Waals surface area contributed by atoms with E-state index in [1.807, 2.05) is 13.9 Å². The molecule has 6 heteroatoms. The van der Waals surface area contributed by atoms with Crippen molar-refractivity contribution in [2.75, 3.05) is 0 Å². The van der Waals surface area contributed by atoms with Crippen LogP contribution < -0.4 is 0 Å². The summed E-state index contributed by atoms with van der Waals surface area (Å²) in [4.78, 5) is 25.5. The molecule has 3 saturated carbocycles. The lowest BCUT2D eigenvalue weighted by molar-refractivity contribution is -0.197. The third kappa shape index (κ3) is 2.68. The van der Waals surface area contributed by atoms with Crippen molar-refractivity contribution < 1.29 is 24.2 Å². The molecule has 31 heavy (non-hydrogen) atoms. The van der Waals surface area contributed by atoms with Crippen molar-refractivity contribution in [1.29, 1.82) is 0 Å². The lowest BCUT2D eigenvalue weighted by Crippen LogP contribution is -2.63. The molecule has 0 radical (unpaired) electrons. The van der Waals surface area contributed by atoms with E-state index in [1.54, 1.807) is 12.2 Å². The Morgan fingerprint density at radius 3 is 2.84 bits per heavy atom. The second kappa shape index (κ2) is 7.13. The zero-order valence-electron chi connectivity index (χ0n) is 19.2. The van der Waals surface area contributed by atoms with E-state index in [1.165, 1.54) is 0 Å². The molecule has 0 aromatic rings. The molecule has 5 nitrogen and oxygen atoms in total. The normalized spacial score (nSPS) is 50.3. The number of Topliss-reactive ketones (excluding diaryl/α,β-unsaturated/α-hetero) is 1. The van der Waals surface area contributed by atoms with Crippen LogP contribution in [0.5, 0.6) is 0 Å². The number of ketones is 2. The molecule has 0 aromatic carbocycles. The summed E-state index contributed by atoms with van der Waals surface area (Å²) in [7, 11) is 1.91. The lowest BCUT2D eigenvalue weighted by Gasteiger charge is -2.59. The molecule has 168 valence electrons. The molecule has 1 N–H and O–H groups in total. The summed E-state index contributed by atoms with van der Waals surface area (Å²) in [6.07, 6.45) is 9.67. The van der Waals surface area contributed by atoms with Gasteiger partial charge in [-0.3, -0.25) is 9.59 Å². The highest BCUT2D eigenvalue weighted by molar-refractivity contribution is 6.22. The van der Waals surface area contributed by atoms with E-state index in [9.17, 15) is 14.7 Å². The van der Waals surface area contributed by atoms with E-state index in [0.29, 0.717) is 12.7 Å². The van der Waals surface area contributed by atoms with Gasteiger partial charge in [0.1, 0.15) is 7.85 Å². The fourth-order valence-electron chi connectivity index (χ4n) is 8.27. The minimum atomic E-state index is -0.951. The molecule has 0 aromatic heterocycles. The first kappa shape index (κ1) is 21.6. The first-order valence-corrected chi connectivity index (χ1v) is 12.2. The smallest absolute Gasteiger partial charge is 0.178 e. The van der Waals surface area contributed by atoms with E-state index in [2.05, 4.69) is 20.8 Å². The van der Waals surface area contributed by atoms with Gasteiger partial charge in [-0.1, -0.05) is 38.8 Å². The van der Waals surface area contributed by atoms with Gasteiger partial charge in [0.15, 0.2) is 23.5 Å². The molecule has 0 amide bonds. The molecular formula is C25H35BO5. The third-order valence-corrected chi connectivity index (χ3v) is 9.55. The Bertz CT molecular complexity index is 866. The average Bonchev–Trinajstić information content (AvgIpc) is 3.20. The van der Waals surface area contributed by atoms with E-state index >= 15 is 0 Å². The van der Waals surface area contributed by atoms with Crippen LogP contribution in [0, 0.1) is 28.6 Å². The first-order valence-electron chi connectivity index (χ1n) is 12.2. The standard InChI is InChI=1S/C25H35BO5/c1-4-5-21-30-20-11-17-16-7-6-14-10-15(27)8-9-23(14,2)22(16)18(28)12-24(17,3)25(20,31-21)19(29)13-26/h8-10,16-18,20-22,28H,4-7,11-13,26H2,1-3H3. The second-order valence-electron chi connectivity index (χ2n) is 10.9. The van der Waals surface area contributed by atoms with Crippen molar-refractivity contribution >= 4 is 19.4 Å². The Hall–Kier alpha value is -1.24. The van der Waals surface area contributed by atoms with Gasteiger partial charge in [0, 0.05) is 16.7 Å². The first-order chi connectivity index (χ1) is 14.7. The van der Waals surface area contributed by atoms with Gasteiger partial charge in [0.25, 0.3) is 0 Å². The average molecular weight is 426 g/mol. The van der Waals surface area contributed by atoms with Gasteiger partial charge >= 0.3 is 0 Å². The van der Waals surface area contributed by atoms with Crippen molar-refractivity contribution in [3.63, 3.8) is 0 Å². The van der Waals surface area contributed by atoms with Crippen LogP contribution in [0.1, 0.15) is 59.3 Å². The lowest BCUT2D eigenvalue weighted by atomic mass is 9.46. The van der Waals surface area contributed by atoms with Crippen LogP contribution in [0.25, 0.3) is 0 Å². The summed E-state index contributed by atoms with van der Waals surface area (Å²) in [5.74, 6) is 0.755. The number of hydrogen-bond donors (Lipinski definition) is 1. The van der Waals surface area contributed by atoms with Gasteiger partial charge in [-0.25, -0.2) is 0 Å². The Labute approximate surface area is 186 Å². The van der Waals surface area contributed by atoms with Crippen molar-refractivity contribution in [3.05, 3.63) is 23.8 Å². The maximum absolute atomic E-state index is 13.5. The Morgan fingerprint density at radius 2 is 2.13 bits per heavy atom. The summed E-state index contributed by atoms with van der Waals surface area (Å²) < 4.78 is 12.9. The van der Waals surface area contributed by atoms with Gasteiger partial charge in [-0.15, -0.1) is 0 Å². The van der Waals surface area contributed by atoms with E-state index in [-0.39, 0.29) is 47.1 Å². The number of fused-ring (bicyclic) bond motifs is 7. The number of carbonyl (C=O) groups excluding carboxylic acids is 2. The predicted molar refractivity (Wildman–Crippen MR) is 119 cm³/mol. The number of carbonyl (C=O) groups is 2. The van der Waals surface area contributed by atoms with Crippen molar-refractivity contribution in [3.8, 4) is 0 Å². The molecule has 0 bridgehead atoms. The van der Waals surface area contributed by atoms with Gasteiger partial charge < -0.3 is 14.6 Å². The molecule has 5 aliphatic rings. The van der Waals surface area contributed by atoms with Crippen LogP contribution in [0.2, 0.25) is 6.32 Å². The molecule has 4 fully saturated rings. The van der Waals surface area contributed by atoms with Crippen LogP contribution in [0.4, 0.5) is 0 Å². The second-order valence-corrected chi connectivity index (χ2v) is 10.9. The summed E-state index contributed by atoms with van der Waals surface area (Å²) in [6.45, 7) is 6.46. The van der Waals surface area contributed by atoms with Crippen LogP contribution >= 0.6 is 0 Å². The zero-order chi connectivity index (χ0) is 22.2. The quantitative estimate of drug-likeness (QED) is 0.700. The molecule has 1 aliphatic heterocycles. The third-order valence-electron chi connectivity index (χ3n) is 9.55. The summed E-state index contributed by atoms with van der Waals surface area (Å²) in [5, 5.41) is 11.6. The zero-order valence-corrected chi connectivity index (χ0v) is 19.2. The monoisotopic (exact) mass is 426 g/mol. The Morgan fingerprint density at radius 1 is 1.35 bits per heavy atom. The van der Waals surface area contributed by atoms with Crippen LogP contribution in [-0.4, -0.2) is 48.6 Å². The van der Waals surface area contributed by atoms with Gasteiger partial charge in [0.05, 0.1) is 12.2 Å². The number of hydrogen-bond acceptors (Lipinski definition) is 5. The van der Waals surface area contributed by atoms with E-state index < -0.39 is 17.1 Å². The topological polar surface area (TPSA) is 72.8 Å². The summed E-state index contributed by atoms with van der Waals surface area (Å²) in [6, 6.07) is 0. The Kier molecular flexibility index (Phi) is 4.97. The van der Waals surface area contributed by atoms with E-state index in [0.717, 1.165) is 37.7 Å². The maximum Gasteiger partial charge on any atom is 0.178 e. The Balaban J connectivity index is 1.55. The number of aliphatic hydroxyl groups is 1. The minimum absolute atomic E-state index is 0.0488. The fraction of sp³-hybridized carbons (Fsp3) is 0.760. The molecule has 5 rings (SSSR count). The number of rotatable bonds is 4. The molecule has 4 aliphatic carbocycles. The molecule has 1 saturated heterocycles. The number of allylic oxidation sites excluding steroid dienone is 4. The highest BCUT2D eigenvalue weighted by Gasteiger charge is 2.75. The van der Waals surface area contributed by atoms with Crippen LogP contribution in [0.3, 0.4) is 0 Å². The van der Waals surface area contributed by atoms with Crippen molar-refractivity contribution in [2.24, 2.45) is 28.6 Å². The predicted octanol–water partition coefficient (Wildman–Crippen LogP) is 2.78. The largest absolute Gasteiger partial charge is 0.393 e. The molecule has 0 spiro atoms. The minimum Gasteiger partial charge on any atom is -0.393 e. The van der Waals surface area contributed by atoms with Crippen molar-refractivity contribution in [2.45, 2.75) is 89.7 Å².